The lowest BCUT2D eigenvalue weighted by Crippen LogP contribution is -2.39. The largest absolute Gasteiger partial charge is 0.377 e. The van der Waals surface area contributed by atoms with Crippen molar-refractivity contribution in [2.24, 2.45) is 0 Å². The Hall–Kier alpha value is -0.610. The van der Waals surface area contributed by atoms with E-state index < -0.39 is 0 Å². The summed E-state index contributed by atoms with van der Waals surface area (Å²) in [5.41, 5.74) is 0. The Labute approximate surface area is 85.4 Å². The number of hydrogen-bond donors (Lipinski definition) is 2. The molecule has 14 heavy (non-hydrogen) atoms. The van der Waals surface area contributed by atoms with E-state index in [0.717, 1.165) is 26.0 Å². The van der Waals surface area contributed by atoms with E-state index >= 15 is 0 Å². The summed E-state index contributed by atoms with van der Waals surface area (Å²) in [6, 6.07) is 0.215. The monoisotopic (exact) mass is 200 g/mol. The van der Waals surface area contributed by atoms with E-state index in [-0.39, 0.29) is 11.9 Å². The average molecular weight is 200 g/mol. The molecular formula is C10H20N2O2. The van der Waals surface area contributed by atoms with Gasteiger partial charge in [-0.1, -0.05) is 0 Å². The van der Waals surface area contributed by atoms with Gasteiger partial charge in [-0.05, 0) is 26.7 Å². The van der Waals surface area contributed by atoms with Gasteiger partial charge in [0.1, 0.15) is 0 Å². The number of rotatable bonds is 5. The lowest BCUT2D eigenvalue weighted by Gasteiger charge is -2.12. The fraction of sp³-hybridized carbons (Fsp3) is 0.900. The van der Waals surface area contributed by atoms with Crippen molar-refractivity contribution in [2.75, 3.05) is 19.7 Å². The van der Waals surface area contributed by atoms with Crippen LogP contribution in [0.3, 0.4) is 0 Å². The molecule has 0 aromatic carbocycles. The van der Waals surface area contributed by atoms with E-state index in [9.17, 15) is 4.79 Å². The summed E-state index contributed by atoms with van der Waals surface area (Å²) in [6.07, 6.45) is 2.56. The van der Waals surface area contributed by atoms with Gasteiger partial charge in [0.15, 0.2) is 0 Å². The number of nitrogens with one attached hydrogen (secondary N) is 2. The molecule has 1 atom stereocenters. The molecule has 1 amide bonds. The molecular weight excluding hydrogens is 180 g/mol. The first-order valence-electron chi connectivity index (χ1n) is 5.30. The van der Waals surface area contributed by atoms with Crippen molar-refractivity contribution in [1.29, 1.82) is 0 Å². The quantitative estimate of drug-likeness (QED) is 0.670. The van der Waals surface area contributed by atoms with Crippen LogP contribution in [0.5, 0.6) is 0 Å². The first-order valence-corrected chi connectivity index (χ1v) is 5.30. The molecule has 0 aliphatic carbocycles. The Morgan fingerprint density at radius 1 is 1.57 bits per heavy atom. The van der Waals surface area contributed by atoms with Gasteiger partial charge in [0.05, 0.1) is 12.6 Å². The highest BCUT2D eigenvalue weighted by atomic mass is 16.5. The number of carbonyl (C=O) groups excluding carboxylic acids is 1. The zero-order chi connectivity index (χ0) is 10.4. The molecule has 2 N–H and O–H groups in total. The highest BCUT2D eigenvalue weighted by molar-refractivity contribution is 5.78. The van der Waals surface area contributed by atoms with Crippen LogP contribution in [0, 0.1) is 0 Å². The van der Waals surface area contributed by atoms with E-state index in [0.29, 0.717) is 12.6 Å². The fourth-order valence-electron chi connectivity index (χ4n) is 1.53. The van der Waals surface area contributed by atoms with Crippen LogP contribution in [0.1, 0.15) is 26.7 Å². The van der Waals surface area contributed by atoms with Gasteiger partial charge in [-0.3, -0.25) is 4.79 Å². The molecule has 0 bridgehead atoms. The minimum absolute atomic E-state index is 0.0537. The Kier molecular flexibility index (Phi) is 4.90. The summed E-state index contributed by atoms with van der Waals surface area (Å²) in [6.45, 7) is 5.95. The Morgan fingerprint density at radius 3 is 2.93 bits per heavy atom. The van der Waals surface area contributed by atoms with Gasteiger partial charge >= 0.3 is 0 Å². The van der Waals surface area contributed by atoms with Crippen LogP contribution in [0.4, 0.5) is 0 Å². The van der Waals surface area contributed by atoms with E-state index in [2.05, 4.69) is 10.6 Å². The molecule has 4 heteroatoms. The lowest BCUT2D eigenvalue weighted by atomic mass is 10.2. The maximum Gasteiger partial charge on any atom is 0.234 e. The molecule has 0 aromatic rings. The third-order valence-corrected chi connectivity index (χ3v) is 2.13. The zero-order valence-electron chi connectivity index (χ0n) is 9.01. The van der Waals surface area contributed by atoms with Gasteiger partial charge in [0, 0.05) is 19.2 Å². The SMILES string of the molecule is CC(C)NC(=O)CNC[C@H]1CCCO1. The minimum Gasteiger partial charge on any atom is -0.377 e. The number of ether oxygens (including phenoxy) is 1. The third-order valence-electron chi connectivity index (χ3n) is 2.13. The second kappa shape index (κ2) is 5.98. The summed E-state index contributed by atoms with van der Waals surface area (Å²) < 4.78 is 5.42. The molecule has 1 fully saturated rings. The summed E-state index contributed by atoms with van der Waals surface area (Å²) in [5, 5.41) is 5.92. The molecule has 0 spiro atoms. The van der Waals surface area contributed by atoms with E-state index in [4.69, 9.17) is 4.74 Å². The second-order valence-corrected chi connectivity index (χ2v) is 3.99. The molecule has 1 heterocycles. The zero-order valence-corrected chi connectivity index (χ0v) is 9.01. The molecule has 1 saturated heterocycles. The highest BCUT2D eigenvalue weighted by Gasteiger charge is 2.14. The molecule has 1 aliphatic heterocycles. The van der Waals surface area contributed by atoms with Crippen molar-refractivity contribution < 1.29 is 9.53 Å². The number of hydrogen-bond acceptors (Lipinski definition) is 3. The fourth-order valence-corrected chi connectivity index (χ4v) is 1.53. The molecule has 1 rings (SSSR count). The number of carbonyl (C=O) groups is 1. The molecule has 1 aliphatic rings. The third kappa shape index (κ3) is 4.58. The normalized spacial score (nSPS) is 21.5. The molecule has 0 radical (unpaired) electrons. The minimum atomic E-state index is 0.0537. The van der Waals surface area contributed by atoms with Gasteiger partial charge in [-0.15, -0.1) is 0 Å². The van der Waals surface area contributed by atoms with Crippen LogP contribution < -0.4 is 10.6 Å². The molecule has 0 unspecified atom stereocenters. The van der Waals surface area contributed by atoms with Gasteiger partial charge in [0.2, 0.25) is 5.91 Å². The van der Waals surface area contributed by atoms with Crippen molar-refractivity contribution >= 4 is 5.91 Å². The number of amides is 1. The van der Waals surface area contributed by atoms with Crippen molar-refractivity contribution in [1.82, 2.24) is 10.6 Å². The summed E-state index contributed by atoms with van der Waals surface area (Å²) in [5.74, 6) is 0.0537. The van der Waals surface area contributed by atoms with Crippen molar-refractivity contribution in [3.63, 3.8) is 0 Å². The van der Waals surface area contributed by atoms with E-state index in [1.165, 1.54) is 0 Å². The van der Waals surface area contributed by atoms with Crippen LogP contribution in [-0.4, -0.2) is 37.7 Å². The van der Waals surface area contributed by atoms with Crippen LogP contribution in [0.25, 0.3) is 0 Å². The molecule has 4 nitrogen and oxygen atoms in total. The summed E-state index contributed by atoms with van der Waals surface area (Å²) in [7, 11) is 0. The van der Waals surface area contributed by atoms with Crippen LogP contribution in [0.2, 0.25) is 0 Å². The maximum atomic E-state index is 11.2. The van der Waals surface area contributed by atoms with Gasteiger partial charge < -0.3 is 15.4 Å². The van der Waals surface area contributed by atoms with Crippen molar-refractivity contribution in [2.45, 2.75) is 38.8 Å². The van der Waals surface area contributed by atoms with Gasteiger partial charge in [0.25, 0.3) is 0 Å². The highest BCUT2D eigenvalue weighted by Crippen LogP contribution is 2.10. The van der Waals surface area contributed by atoms with E-state index in [1.54, 1.807) is 0 Å². The van der Waals surface area contributed by atoms with Crippen molar-refractivity contribution in [3.8, 4) is 0 Å². The van der Waals surface area contributed by atoms with Crippen LogP contribution >= 0.6 is 0 Å². The van der Waals surface area contributed by atoms with Gasteiger partial charge in [-0.25, -0.2) is 0 Å². The van der Waals surface area contributed by atoms with Crippen molar-refractivity contribution in [3.05, 3.63) is 0 Å². The predicted molar refractivity (Wildman–Crippen MR) is 55.1 cm³/mol. The van der Waals surface area contributed by atoms with Crippen LogP contribution in [0.15, 0.2) is 0 Å². The first kappa shape index (κ1) is 11.5. The van der Waals surface area contributed by atoms with E-state index in [1.807, 2.05) is 13.8 Å². The first-order chi connectivity index (χ1) is 6.68. The van der Waals surface area contributed by atoms with Gasteiger partial charge in [-0.2, -0.15) is 0 Å². The molecule has 0 aromatic heterocycles. The average Bonchev–Trinajstić information content (AvgIpc) is 2.55. The Morgan fingerprint density at radius 2 is 2.36 bits per heavy atom. The summed E-state index contributed by atoms with van der Waals surface area (Å²) >= 11 is 0. The molecule has 82 valence electrons. The second-order valence-electron chi connectivity index (χ2n) is 3.99. The smallest absolute Gasteiger partial charge is 0.234 e. The predicted octanol–water partition coefficient (Wildman–Crippen LogP) is 0.280. The maximum absolute atomic E-state index is 11.2. The Balaban J connectivity index is 1.99. The lowest BCUT2D eigenvalue weighted by molar-refractivity contribution is -0.120. The molecule has 0 saturated carbocycles. The summed E-state index contributed by atoms with van der Waals surface area (Å²) in [4.78, 5) is 11.2. The van der Waals surface area contributed by atoms with Crippen LogP contribution in [-0.2, 0) is 9.53 Å². The Bertz CT molecular complexity index is 177. The standard InChI is InChI=1S/C10H20N2O2/c1-8(2)12-10(13)7-11-6-9-4-3-5-14-9/h8-9,11H,3-7H2,1-2H3,(H,12,13)/t9-/m1/s1. The topological polar surface area (TPSA) is 50.4 Å².